The van der Waals surface area contributed by atoms with Gasteiger partial charge >= 0.3 is 0 Å². The predicted molar refractivity (Wildman–Crippen MR) is 102 cm³/mol. The molecule has 0 unspecified atom stereocenters. The molecule has 0 saturated carbocycles. The van der Waals surface area contributed by atoms with Crippen molar-refractivity contribution in [2.24, 2.45) is 0 Å². The molecule has 0 spiro atoms. The zero-order chi connectivity index (χ0) is 17.9. The molecular weight excluding hydrogens is 326 g/mol. The number of aromatic amines is 1. The maximum absolute atomic E-state index is 12.4. The Bertz CT molecular complexity index is 762. The number of ether oxygens (including phenoxy) is 1. The molecule has 4 rings (SSSR count). The molecule has 0 radical (unpaired) electrons. The second kappa shape index (κ2) is 7.54. The van der Waals surface area contributed by atoms with Crippen LogP contribution in [-0.2, 0) is 19.4 Å². The van der Waals surface area contributed by atoms with Crippen LogP contribution in [0.15, 0.2) is 30.5 Å². The molecule has 1 aliphatic carbocycles. The van der Waals surface area contributed by atoms with Gasteiger partial charge in [-0.25, -0.2) is 0 Å². The highest BCUT2D eigenvalue weighted by Gasteiger charge is 2.24. The van der Waals surface area contributed by atoms with Gasteiger partial charge in [0.05, 0.1) is 6.61 Å². The van der Waals surface area contributed by atoms with Crippen molar-refractivity contribution in [2.75, 3.05) is 32.8 Å². The molecule has 1 aliphatic heterocycles. The second-order valence-corrected chi connectivity index (χ2v) is 7.17. The predicted octanol–water partition coefficient (Wildman–Crippen LogP) is 2.86. The lowest BCUT2D eigenvalue weighted by Crippen LogP contribution is -2.48. The summed E-state index contributed by atoms with van der Waals surface area (Å²) in [6.45, 7) is 6.98. The molecule has 2 aliphatic rings. The number of piperazine rings is 1. The molecule has 1 aromatic carbocycles. The fourth-order valence-electron chi connectivity index (χ4n) is 4.05. The van der Waals surface area contributed by atoms with Crippen molar-refractivity contribution in [2.45, 2.75) is 32.7 Å². The number of benzene rings is 1. The number of aromatic nitrogens is 1. The highest BCUT2D eigenvalue weighted by molar-refractivity contribution is 5.92. The van der Waals surface area contributed by atoms with E-state index in [2.05, 4.69) is 22.0 Å². The monoisotopic (exact) mass is 353 g/mol. The fraction of sp³-hybridized carbons (Fsp3) is 0.476. The first-order valence-electron chi connectivity index (χ1n) is 9.67. The molecular formula is C21H27N3O2. The molecule has 0 atom stereocenters. The Morgan fingerprint density at radius 2 is 1.92 bits per heavy atom. The molecule has 1 saturated heterocycles. The summed E-state index contributed by atoms with van der Waals surface area (Å²) in [5, 5.41) is 0. The normalized spacial score (nSPS) is 17.3. The van der Waals surface area contributed by atoms with Crippen LogP contribution in [0.4, 0.5) is 0 Å². The van der Waals surface area contributed by atoms with Gasteiger partial charge < -0.3 is 14.6 Å². The van der Waals surface area contributed by atoms with Crippen molar-refractivity contribution >= 4 is 5.91 Å². The molecule has 26 heavy (non-hydrogen) atoms. The Morgan fingerprint density at radius 3 is 2.62 bits per heavy atom. The van der Waals surface area contributed by atoms with E-state index in [0.717, 1.165) is 38.5 Å². The summed E-state index contributed by atoms with van der Waals surface area (Å²) in [4.78, 5) is 19.8. The third-order valence-corrected chi connectivity index (χ3v) is 5.46. The molecule has 2 aromatic rings. The standard InChI is InChI=1S/C21H27N3O2/c1-2-26-20-14-17-6-3-5-16(17)13-18(20)15-23-9-11-24(12-10-23)21(25)19-7-4-8-22-19/h4,7-8,13-14,22H,2-3,5-6,9-12,15H2,1H3. The number of carbonyl (C=O) groups excluding carboxylic acids is 1. The van der Waals surface area contributed by atoms with Crippen molar-refractivity contribution in [3.05, 3.63) is 52.8 Å². The number of carbonyl (C=O) groups is 1. The van der Waals surface area contributed by atoms with E-state index in [1.54, 1.807) is 6.20 Å². The van der Waals surface area contributed by atoms with Crippen LogP contribution in [0.5, 0.6) is 5.75 Å². The summed E-state index contributed by atoms with van der Waals surface area (Å²) in [6.07, 6.45) is 5.42. The molecule has 1 N–H and O–H groups in total. The number of hydrogen-bond acceptors (Lipinski definition) is 3. The fourth-order valence-corrected chi connectivity index (χ4v) is 4.05. The molecule has 1 aromatic heterocycles. The van der Waals surface area contributed by atoms with Gasteiger partial charge in [0.2, 0.25) is 0 Å². The highest BCUT2D eigenvalue weighted by atomic mass is 16.5. The third kappa shape index (κ3) is 3.49. The average Bonchev–Trinajstić information content (AvgIpc) is 3.34. The van der Waals surface area contributed by atoms with Crippen LogP contribution in [-0.4, -0.2) is 53.5 Å². The molecule has 1 amide bonds. The number of rotatable bonds is 5. The average molecular weight is 353 g/mol. The maximum Gasteiger partial charge on any atom is 0.270 e. The smallest absolute Gasteiger partial charge is 0.270 e. The Morgan fingerprint density at radius 1 is 1.15 bits per heavy atom. The lowest BCUT2D eigenvalue weighted by atomic mass is 10.0. The van der Waals surface area contributed by atoms with Gasteiger partial charge in [-0.05, 0) is 55.5 Å². The number of nitrogens with zero attached hydrogens (tertiary/aromatic N) is 2. The van der Waals surface area contributed by atoms with Gasteiger partial charge in [-0.1, -0.05) is 6.07 Å². The molecule has 1 fully saturated rings. The minimum atomic E-state index is 0.0992. The lowest BCUT2D eigenvalue weighted by molar-refractivity contribution is 0.0622. The van der Waals surface area contributed by atoms with Gasteiger partial charge in [0.25, 0.3) is 5.91 Å². The second-order valence-electron chi connectivity index (χ2n) is 7.17. The molecule has 138 valence electrons. The van der Waals surface area contributed by atoms with E-state index >= 15 is 0 Å². The molecule has 0 bridgehead atoms. The van der Waals surface area contributed by atoms with Gasteiger partial charge in [0, 0.05) is 44.5 Å². The van der Waals surface area contributed by atoms with Gasteiger partial charge in [-0.2, -0.15) is 0 Å². The zero-order valence-electron chi connectivity index (χ0n) is 15.5. The lowest BCUT2D eigenvalue weighted by Gasteiger charge is -2.35. The van der Waals surface area contributed by atoms with Crippen molar-refractivity contribution < 1.29 is 9.53 Å². The summed E-state index contributed by atoms with van der Waals surface area (Å²) in [6, 6.07) is 8.32. The number of amides is 1. The number of nitrogens with one attached hydrogen (secondary N) is 1. The van der Waals surface area contributed by atoms with Crippen LogP contribution >= 0.6 is 0 Å². The number of hydrogen-bond donors (Lipinski definition) is 1. The van der Waals surface area contributed by atoms with E-state index < -0.39 is 0 Å². The Hall–Kier alpha value is -2.27. The summed E-state index contributed by atoms with van der Waals surface area (Å²) >= 11 is 0. The van der Waals surface area contributed by atoms with Crippen molar-refractivity contribution in [3.63, 3.8) is 0 Å². The topological polar surface area (TPSA) is 48.6 Å². The Labute approximate surface area is 154 Å². The van der Waals surface area contributed by atoms with E-state index in [0.29, 0.717) is 12.3 Å². The van der Waals surface area contributed by atoms with Gasteiger partial charge in [-0.3, -0.25) is 9.69 Å². The zero-order valence-corrected chi connectivity index (χ0v) is 15.5. The van der Waals surface area contributed by atoms with Gasteiger partial charge in [-0.15, -0.1) is 0 Å². The number of H-pyrrole nitrogens is 1. The molecule has 5 heteroatoms. The van der Waals surface area contributed by atoms with Crippen molar-refractivity contribution in [1.29, 1.82) is 0 Å². The first-order chi connectivity index (χ1) is 12.7. The van der Waals surface area contributed by atoms with E-state index in [1.807, 2.05) is 24.0 Å². The van der Waals surface area contributed by atoms with E-state index in [4.69, 9.17) is 4.74 Å². The first kappa shape index (κ1) is 17.2. The van der Waals surface area contributed by atoms with Crippen LogP contribution in [0, 0.1) is 0 Å². The summed E-state index contributed by atoms with van der Waals surface area (Å²) in [7, 11) is 0. The summed E-state index contributed by atoms with van der Waals surface area (Å²) in [5.74, 6) is 1.14. The van der Waals surface area contributed by atoms with E-state index in [1.165, 1.54) is 36.0 Å². The summed E-state index contributed by atoms with van der Waals surface area (Å²) in [5.41, 5.74) is 4.91. The quantitative estimate of drug-likeness (QED) is 0.899. The van der Waals surface area contributed by atoms with E-state index in [9.17, 15) is 4.79 Å². The largest absolute Gasteiger partial charge is 0.494 e. The maximum atomic E-state index is 12.4. The minimum absolute atomic E-state index is 0.0992. The van der Waals surface area contributed by atoms with E-state index in [-0.39, 0.29) is 5.91 Å². The van der Waals surface area contributed by atoms with Crippen LogP contribution in [0.2, 0.25) is 0 Å². The number of aryl methyl sites for hydroxylation is 2. The van der Waals surface area contributed by atoms with Crippen molar-refractivity contribution in [1.82, 2.24) is 14.8 Å². The van der Waals surface area contributed by atoms with Gasteiger partial charge in [0.15, 0.2) is 0 Å². The third-order valence-electron chi connectivity index (χ3n) is 5.46. The Kier molecular flexibility index (Phi) is 4.98. The van der Waals surface area contributed by atoms with Crippen LogP contribution in [0.1, 0.15) is 40.5 Å². The highest BCUT2D eigenvalue weighted by Crippen LogP contribution is 2.31. The molecule has 5 nitrogen and oxygen atoms in total. The van der Waals surface area contributed by atoms with Crippen LogP contribution in [0.3, 0.4) is 0 Å². The molecule has 2 heterocycles. The van der Waals surface area contributed by atoms with Crippen LogP contribution < -0.4 is 4.74 Å². The minimum Gasteiger partial charge on any atom is -0.494 e. The Balaban J connectivity index is 1.41. The summed E-state index contributed by atoms with van der Waals surface area (Å²) < 4.78 is 5.92. The van der Waals surface area contributed by atoms with Crippen molar-refractivity contribution in [3.8, 4) is 5.75 Å². The number of fused-ring (bicyclic) bond motifs is 1. The van der Waals surface area contributed by atoms with Crippen LogP contribution in [0.25, 0.3) is 0 Å². The first-order valence-corrected chi connectivity index (χ1v) is 9.67. The SMILES string of the molecule is CCOc1cc2c(cc1CN1CCN(C(=O)c3ccc[nH]3)CC1)CCC2. The van der Waals surface area contributed by atoms with Gasteiger partial charge in [0.1, 0.15) is 11.4 Å².